The Balaban J connectivity index is 1.43. The molecular formula is C24H17N3O5S. The highest BCUT2D eigenvalue weighted by Crippen LogP contribution is 2.26. The van der Waals surface area contributed by atoms with Gasteiger partial charge < -0.3 is 4.74 Å². The third-order valence-corrected chi connectivity index (χ3v) is 6.16. The van der Waals surface area contributed by atoms with Gasteiger partial charge in [-0.15, -0.1) is 11.3 Å². The van der Waals surface area contributed by atoms with Gasteiger partial charge in [0.15, 0.2) is 4.96 Å². The summed E-state index contributed by atoms with van der Waals surface area (Å²) in [5, 5.41) is 1.73. The lowest BCUT2D eigenvalue weighted by Crippen LogP contribution is -2.47. The van der Waals surface area contributed by atoms with Gasteiger partial charge in [0.1, 0.15) is 12.6 Å². The number of rotatable bonds is 6. The second-order valence-corrected chi connectivity index (χ2v) is 8.35. The number of thiazole rings is 1. The number of nitrogens with zero attached hydrogens (tertiary/aromatic N) is 3. The fraction of sp³-hybridized carbons (Fsp3) is 0.125. The highest BCUT2D eigenvalue weighted by molar-refractivity contribution is 7.15. The van der Waals surface area contributed by atoms with Crippen LogP contribution in [0, 0.1) is 0 Å². The van der Waals surface area contributed by atoms with Gasteiger partial charge in [-0.1, -0.05) is 42.5 Å². The van der Waals surface area contributed by atoms with Crippen molar-refractivity contribution in [2.45, 2.75) is 19.1 Å². The van der Waals surface area contributed by atoms with E-state index in [1.807, 2.05) is 30.3 Å². The van der Waals surface area contributed by atoms with Crippen LogP contribution in [0.15, 0.2) is 77.0 Å². The van der Waals surface area contributed by atoms with Crippen molar-refractivity contribution < 1.29 is 19.1 Å². The molecule has 0 bridgehead atoms. The van der Waals surface area contributed by atoms with E-state index in [9.17, 15) is 19.2 Å². The number of ether oxygens (including phenoxy) is 1. The number of carbonyl (C=O) groups excluding carboxylic acids is 3. The van der Waals surface area contributed by atoms with Crippen LogP contribution in [0.3, 0.4) is 0 Å². The van der Waals surface area contributed by atoms with Crippen LogP contribution in [0.2, 0.25) is 0 Å². The summed E-state index contributed by atoms with van der Waals surface area (Å²) in [6.07, 6.45) is 1.72. The number of benzene rings is 2. The number of fused-ring (bicyclic) bond motifs is 2. The van der Waals surface area contributed by atoms with Crippen molar-refractivity contribution in [2.75, 3.05) is 0 Å². The van der Waals surface area contributed by atoms with Crippen LogP contribution >= 0.6 is 11.3 Å². The molecule has 0 fully saturated rings. The average molecular weight is 459 g/mol. The molecule has 0 N–H and O–H groups in total. The SMILES string of the molecule is O=C(OCc1cc(=O)n2ccsc2n1)C(Cc1ccccc1)N1C(=O)c2ccccc2C1=O. The van der Waals surface area contributed by atoms with Gasteiger partial charge in [-0.25, -0.2) is 9.78 Å². The maximum absolute atomic E-state index is 13.2. The molecule has 33 heavy (non-hydrogen) atoms. The Hall–Kier alpha value is -4.11. The Bertz CT molecular complexity index is 1410. The zero-order valence-electron chi connectivity index (χ0n) is 17.2. The molecule has 0 saturated heterocycles. The van der Waals surface area contributed by atoms with Crippen molar-refractivity contribution in [2.24, 2.45) is 0 Å². The van der Waals surface area contributed by atoms with Crippen molar-refractivity contribution in [3.63, 3.8) is 0 Å². The fourth-order valence-corrected chi connectivity index (χ4v) is 4.55. The minimum absolute atomic E-state index is 0.102. The molecule has 0 saturated carbocycles. The zero-order chi connectivity index (χ0) is 22.9. The number of imide groups is 1. The quantitative estimate of drug-likeness (QED) is 0.325. The number of hydrogen-bond donors (Lipinski definition) is 0. The topological polar surface area (TPSA) is 98.1 Å². The normalized spacial score (nSPS) is 13.9. The summed E-state index contributed by atoms with van der Waals surface area (Å²) in [5.41, 5.74) is 1.29. The van der Waals surface area contributed by atoms with E-state index >= 15 is 0 Å². The molecule has 1 aliphatic rings. The monoisotopic (exact) mass is 459 g/mol. The van der Waals surface area contributed by atoms with Crippen LogP contribution in [-0.2, 0) is 22.6 Å². The largest absolute Gasteiger partial charge is 0.458 e. The van der Waals surface area contributed by atoms with Gasteiger partial charge in [0, 0.05) is 24.1 Å². The lowest BCUT2D eigenvalue weighted by atomic mass is 10.0. The summed E-state index contributed by atoms with van der Waals surface area (Å²) < 4.78 is 6.86. The number of esters is 1. The third kappa shape index (κ3) is 3.83. The number of amides is 2. The molecule has 4 aromatic rings. The highest BCUT2D eigenvalue weighted by Gasteiger charge is 2.43. The lowest BCUT2D eigenvalue weighted by Gasteiger charge is -2.24. The van der Waals surface area contributed by atoms with Gasteiger partial charge in [0.25, 0.3) is 17.4 Å². The number of hydrogen-bond acceptors (Lipinski definition) is 7. The summed E-state index contributed by atoms with van der Waals surface area (Å²) in [6.45, 7) is -0.253. The molecule has 0 aliphatic carbocycles. The van der Waals surface area contributed by atoms with Gasteiger partial charge in [-0.3, -0.25) is 23.7 Å². The third-order valence-electron chi connectivity index (χ3n) is 5.40. The van der Waals surface area contributed by atoms with Crippen molar-refractivity contribution in [1.82, 2.24) is 14.3 Å². The Kier molecular flexibility index (Phi) is 5.31. The van der Waals surface area contributed by atoms with Crippen LogP contribution in [0.25, 0.3) is 4.96 Å². The first-order valence-corrected chi connectivity index (χ1v) is 11.0. The standard InChI is InChI=1S/C24H17N3O5S/c28-20-13-16(25-24-26(20)10-11-33-24)14-32-23(31)19(12-15-6-2-1-3-7-15)27-21(29)17-8-4-5-9-18(17)22(27)30/h1-11,13,19H,12,14H2. The first kappa shape index (κ1) is 20.8. The van der Waals surface area contributed by atoms with E-state index in [0.717, 1.165) is 10.5 Å². The van der Waals surface area contributed by atoms with E-state index < -0.39 is 23.8 Å². The zero-order valence-corrected chi connectivity index (χ0v) is 18.0. The maximum atomic E-state index is 13.2. The van der Waals surface area contributed by atoms with Gasteiger partial charge in [0.05, 0.1) is 16.8 Å². The van der Waals surface area contributed by atoms with Gasteiger partial charge in [0.2, 0.25) is 0 Å². The first-order valence-electron chi connectivity index (χ1n) is 10.2. The van der Waals surface area contributed by atoms with Crippen LogP contribution in [0.5, 0.6) is 0 Å². The molecular weight excluding hydrogens is 442 g/mol. The minimum Gasteiger partial charge on any atom is -0.458 e. The van der Waals surface area contributed by atoms with Crippen molar-refractivity contribution in [3.05, 3.63) is 105 Å². The molecule has 1 unspecified atom stereocenters. The van der Waals surface area contributed by atoms with Crippen LogP contribution < -0.4 is 5.56 Å². The molecule has 0 spiro atoms. The molecule has 1 aliphatic heterocycles. The molecule has 8 nitrogen and oxygen atoms in total. The predicted octanol–water partition coefficient (Wildman–Crippen LogP) is 2.71. The second-order valence-electron chi connectivity index (χ2n) is 7.48. The Morgan fingerprint density at radius 3 is 2.33 bits per heavy atom. The Morgan fingerprint density at radius 2 is 1.64 bits per heavy atom. The van der Waals surface area contributed by atoms with Crippen LogP contribution in [-0.4, -0.2) is 38.1 Å². The van der Waals surface area contributed by atoms with E-state index in [0.29, 0.717) is 4.96 Å². The maximum Gasteiger partial charge on any atom is 0.330 e. The number of aromatic nitrogens is 2. The van der Waals surface area contributed by atoms with Crippen molar-refractivity contribution in [3.8, 4) is 0 Å². The van der Waals surface area contributed by atoms with Crippen molar-refractivity contribution >= 4 is 34.1 Å². The van der Waals surface area contributed by atoms with E-state index in [2.05, 4.69) is 4.98 Å². The molecule has 0 radical (unpaired) electrons. The van der Waals surface area contributed by atoms with Gasteiger partial charge in [-0.05, 0) is 17.7 Å². The van der Waals surface area contributed by atoms with Crippen LogP contribution in [0.4, 0.5) is 0 Å². The summed E-state index contributed by atoms with van der Waals surface area (Å²) in [4.78, 5) is 57.2. The summed E-state index contributed by atoms with van der Waals surface area (Å²) in [6, 6.07) is 15.7. The van der Waals surface area contributed by atoms with Gasteiger partial charge >= 0.3 is 5.97 Å². The summed E-state index contributed by atoms with van der Waals surface area (Å²) in [7, 11) is 0. The fourth-order valence-electron chi connectivity index (χ4n) is 3.81. The molecule has 2 aromatic carbocycles. The molecule has 2 aromatic heterocycles. The van der Waals surface area contributed by atoms with Gasteiger partial charge in [-0.2, -0.15) is 0 Å². The lowest BCUT2D eigenvalue weighted by molar-refractivity contribution is -0.149. The minimum atomic E-state index is -1.16. The molecule has 164 valence electrons. The predicted molar refractivity (Wildman–Crippen MR) is 120 cm³/mol. The Labute approximate surface area is 191 Å². The second kappa shape index (κ2) is 8.44. The molecule has 1 atom stereocenters. The molecule has 2 amide bonds. The summed E-state index contributed by atoms with van der Waals surface area (Å²) in [5.74, 6) is -1.82. The highest BCUT2D eigenvalue weighted by atomic mass is 32.1. The first-order chi connectivity index (χ1) is 16.0. The molecule has 9 heteroatoms. The Morgan fingerprint density at radius 1 is 0.970 bits per heavy atom. The van der Waals surface area contributed by atoms with E-state index in [4.69, 9.17) is 4.74 Å². The smallest absolute Gasteiger partial charge is 0.330 e. The molecule has 5 rings (SSSR count). The summed E-state index contributed by atoms with van der Waals surface area (Å²) >= 11 is 1.29. The van der Waals surface area contributed by atoms with Crippen molar-refractivity contribution in [1.29, 1.82) is 0 Å². The van der Waals surface area contributed by atoms with E-state index in [1.165, 1.54) is 21.8 Å². The van der Waals surface area contributed by atoms with E-state index in [-0.39, 0.29) is 35.4 Å². The molecule has 3 heterocycles. The van der Waals surface area contributed by atoms with Crippen LogP contribution in [0.1, 0.15) is 32.0 Å². The van der Waals surface area contributed by atoms with E-state index in [1.54, 1.807) is 35.8 Å². The number of carbonyl (C=O) groups is 3. The average Bonchev–Trinajstić information content (AvgIpc) is 3.40.